The highest BCUT2D eigenvalue weighted by Crippen LogP contribution is 2.21. The molecule has 3 rings (SSSR count). The van der Waals surface area contributed by atoms with E-state index in [0.717, 1.165) is 17.8 Å². The van der Waals surface area contributed by atoms with Gasteiger partial charge in [-0.25, -0.2) is 9.97 Å². The van der Waals surface area contributed by atoms with Crippen LogP contribution in [-0.2, 0) is 6.42 Å². The maximum atomic E-state index is 8.61. The van der Waals surface area contributed by atoms with Gasteiger partial charge >= 0.3 is 0 Å². The lowest BCUT2D eigenvalue weighted by atomic mass is 9.95. The average Bonchev–Trinajstić information content (AvgIpc) is 2.65. The molecule has 0 unspecified atom stereocenters. The van der Waals surface area contributed by atoms with Crippen molar-refractivity contribution in [1.82, 2.24) is 9.97 Å². The summed E-state index contributed by atoms with van der Waals surface area (Å²) in [4.78, 5) is 8.18. The Morgan fingerprint density at radius 2 is 2.12 bits per heavy atom. The summed E-state index contributed by atoms with van der Waals surface area (Å²) in [7, 11) is 0. The maximum absolute atomic E-state index is 8.61. The van der Waals surface area contributed by atoms with Gasteiger partial charge in [0, 0.05) is 18.8 Å². The zero-order valence-corrected chi connectivity index (χ0v) is 15.4. The van der Waals surface area contributed by atoms with Crippen LogP contribution in [0.5, 0.6) is 0 Å². The van der Waals surface area contributed by atoms with Crippen LogP contribution in [0, 0.1) is 6.92 Å². The van der Waals surface area contributed by atoms with Gasteiger partial charge in [-0.05, 0) is 31.7 Å². The van der Waals surface area contributed by atoms with Gasteiger partial charge in [-0.15, -0.1) is 0 Å². The number of aliphatic hydroxyl groups excluding tert-OH is 1. The van der Waals surface area contributed by atoms with Gasteiger partial charge in [0.15, 0.2) is 0 Å². The Balaban J connectivity index is 0.000000209. The van der Waals surface area contributed by atoms with Crippen LogP contribution in [0.15, 0.2) is 41.9 Å². The van der Waals surface area contributed by atoms with Crippen LogP contribution < -0.4 is 11.2 Å². The van der Waals surface area contributed by atoms with Crippen LogP contribution in [0.1, 0.15) is 48.8 Å². The average molecular weight is 355 g/mol. The monoisotopic (exact) mass is 355 g/mol. The second kappa shape index (κ2) is 11.2. The van der Waals surface area contributed by atoms with Crippen LogP contribution in [0.4, 0.5) is 5.82 Å². The number of aromatic nitrogens is 2. The number of hydrogen-bond acceptors (Lipinski definition) is 6. The lowest BCUT2D eigenvalue weighted by molar-refractivity contribution is 0.299. The fraction of sp³-hybridized carbons (Fsp3) is 0.450. The second-order valence-corrected chi connectivity index (χ2v) is 6.55. The highest BCUT2D eigenvalue weighted by molar-refractivity contribution is 5.85. The highest BCUT2D eigenvalue weighted by atomic mass is 16.2. The summed E-state index contributed by atoms with van der Waals surface area (Å²) >= 11 is 0. The fourth-order valence-electron chi connectivity index (χ4n) is 3.07. The summed E-state index contributed by atoms with van der Waals surface area (Å²) in [5.41, 5.74) is 3.31. The summed E-state index contributed by atoms with van der Waals surface area (Å²) < 4.78 is 0. The molecule has 0 aliphatic heterocycles. The molecule has 4 N–H and O–H groups in total. The third kappa shape index (κ3) is 6.80. The van der Waals surface area contributed by atoms with Crippen LogP contribution in [0.3, 0.4) is 0 Å². The Morgan fingerprint density at radius 1 is 1.31 bits per heavy atom. The largest absolute Gasteiger partial charge is 0.396 e. The minimum Gasteiger partial charge on any atom is -0.396 e. The molecule has 0 amide bonds. The van der Waals surface area contributed by atoms with Gasteiger partial charge in [0.2, 0.25) is 0 Å². The predicted octanol–water partition coefficient (Wildman–Crippen LogP) is 3.04. The summed E-state index contributed by atoms with van der Waals surface area (Å²) in [5.74, 6) is 5.98. The molecule has 1 fully saturated rings. The van der Waals surface area contributed by atoms with E-state index in [9.17, 15) is 0 Å². The highest BCUT2D eigenvalue weighted by Gasteiger charge is 2.14. The van der Waals surface area contributed by atoms with Crippen molar-refractivity contribution in [2.75, 3.05) is 11.9 Å². The van der Waals surface area contributed by atoms with Crippen molar-refractivity contribution in [2.24, 2.45) is 10.9 Å². The summed E-state index contributed by atoms with van der Waals surface area (Å²) in [6, 6.07) is 8.72. The molecule has 1 saturated carbocycles. The van der Waals surface area contributed by atoms with Gasteiger partial charge < -0.3 is 16.3 Å². The Hall–Kier alpha value is -2.47. The molecule has 6 heteroatoms. The van der Waals surface area contributed by atoms with E-state index in [1.54, 1.807) is 18.7 Å². The third-order valence-corrected chi connectivity index (χ3v) is 4.38. The number of nitrogens with zero attached hydrogens (tertiary/aromatic N) is 3. The number of hydrogen-bond donors (Lipinski definition) is 3. The zero-order chi connectivity index (χ0) is 18.6. The standard InChI is InChI=1S/C11H17N5.C9H12O/c12-15-7-9-6-13-8-14-11(9)16-10-4-2-1-3-5-10;1-8-3-2-4-9(7-8)5-6-10/h6-8,10H,1-5,12H2,(H,13,14,16);2-4,7,10H,5-6H2,1H3/b15-7-;. The molecule has 1 aliphatic rings. The first kappa shape index (κ1) is 19.8. The zero-order valence-electron chi connectivity index (χ0n) is 15.4. The van der Waals surface area contributed by atoms with Crippen LogP contribution in [0.25, 0.3) is 0 Å². The minimum atomic E-state index is 0.240. The lowest BCUT2D eigenvalue weighted by Crippen LogP contribution is -2.23. The van der Waals surface area contributed by atoms with E-state index in [2.05, 4.69) is 39.4 Å². The number of nitrogens with two attached hydrogens (primary N) is 1. The second-order valence-electron chi connectivity index (χ2n) is 6.55. The van der Waals surface area contributed by atoms with E-state index >= 15 is 0 Å². The van der Waals surface area contributed by atoms with E-state index in [-0.39, 0.29) is 6.61 Å². The van der Waals surface area contributed by atoms with E-state index in [0.29, 0.717) is 6.04 Å². The first-order valence-corrected chi connectivity index (χ1v) is 9.19. The Kier molecular flexibility index (Phi) is 8.55. The predicted molar refractivity (Wildman–Crippen MR) is 106 cm³/mol. The number of benzene rings is 1. The maximum Gasteiger partial charge on any atom is 0.138 e. The number of rotatable bonds is 5. The molecule has 0 saturated heterocycles. The van der Waals surface area contributed by atoms with Gasteiger partial charge in [0.05, 0.1) is 11.8 Å². The SMILES string of the molecule is Cc1cccc(CCO)c1.N/N=C\c1cncnc1NC1CCCCC1. The Labute approximate surface area is 155 Å². The number of nitrogens with one attached hydrogen (secondary N) is 1. The van der Waals surface area contributed by atoms with Crippen molar-refractivity contribution < 1.29 is 5.11 Å². The molecule has 6 nitrogen and oxygen atoms in total. The summed E-state index contributed by atoms with van der Waals surface area (Å²) in [6.07, 6.45) is 12.0. The van der Waals surface area contributed by atoms with Crippen LogP contribution >= 0.6 is 0 Å². The molecule has 140 valence electrons. The first-order valence-electron chi connectivity index (χ1n) is 9.19. The molecular formula is C20H29N5O. The van der Waals surface area contributed by atoms with Crippen molar-refractivity contribution in [1.29, 1.82) is 0 Å². The van der Waals surface area contributed by atoms with Gasteiger partial charge in [0.25, 0.3) is 0 Å². The van der Waals surface area contributed by atoms with Crippen molar-refractivity contribution in [3.8, 4) is 0 Å². The summed E-state index contributed by atoms with van der Waals surface area (Å²) in [6.45, 7) is 2.30. The molecule has 0 atom stereocenters. The first-order chi connectivity index (χ1) is 12.7. The molecule has 1 aromatic carbocycles. The number of anilines is 1. The molecule has 1 aliphatic carbocycles. The molecule has 1 aromatic heterocycles. The van der Waals surface area contributed by atoms with E-state index in [1.165, 1.54) is 43.2 Å². The van der Waals surface area contributed by atoms with Crippen LogP contribution in [-0.4, -0.2) is 33.9 Å². The van der Waals surface area contributed by atoms with Gasteiger partial charge in [-0.2, -0.15) is 5.10 Å². The molecular weight excluding hydrogens is 326 g/mol. The smallest absolute Gasteiger partial charge is 0.138 e. The molecule has 0 spiro atoms. The fourth-order valence-corrected chi connectivity index (χ4v) is 3.07. The van der Waals surface area contributed by atoms with Crippen LogP contribution in [0.2, 0.25) is 0 Å². The third-order valence-electron chi connectivity index (χ3n) is 4.38. The van der Waals surface area contributed by atoms with E-state index in [4.69, 9.17) is 10.9 Å². The van der Waals surface area contributed by atoms with Crippen molar-refractivity contribution in [3.63, 3.8) is 0 Å². The number of hydrazone groups is 1. The van der Waals surface area contributed by atoms with Gasteiger partial charge in [-0.1, -0.05) is 49.1 Å². The normalized spacial score (nSPS) is 14.7. The quantitative estimate of drug-likeness (QED) is 0.435. The Morgan fingerprint density at radius 3 is 2.81 bits per heavy atom. The molecule has 2 aromatic rings. The topological polar surface area (TPSA) is 96.4 Å². The number of aliphatic hydroxyl groups is 1. The van der Waals surface area contributed by atoms with Gasteiger partial charge in [0.1, 0.15) is 12.1 Å². The number of aryl methyl sites for hydroxylation is 1. The van der Waals surface area contributed by atoms with Crippen molar-refractivity contribution in [2.45, 2.75) is 51.5 Å². The van der Waals surface area contributed by atoms with E-state index in [1.807, 2.05) is 12.1 Å². The van der Waals surface area contributed by atoms with E-state index < -0.39 is 0 Å². The Bertz CT molecular complexity index is 683. The molecule has 26 heavy (non-hydrogen) atoms. The minimum absolute atomic E-state index is 0.240. The molecule has 1 heterocycles. The van der Waals surface area contributed by atoms with Gasteiger partial charge in [-0.3, -0.25) is 0 Å². The summed E-state index contributed by atoms with van der Waals surface area (Å²) in [5, 5.41) is 15.6. The molecule has 0 radical (unpaired) electrons. The molecule has 0 bridgehead atoms. The van der Waals surface area contributed by atoms with Crippen molar-refractivity contribution >= 4 is 12.0 Å². The lowest BCUT2D eigenvalue weighted by Gasteiger charge is -2.23. The van der Waals surface area contributed by atoms with Crippen molar-refractivity contribution in [3.05, 3.63) is 53.5 Å².